The van der Waals surface area contributed by atoms with Gasteiger partial charge in [0.2, 0.25) is 0 Å². The van der Waals surface area contributed by atoms with Gasteiger partial charge in [0.1, 0.15) is 4.88 Å². The minimum atomic E-state index is -0.755. The smallest absolute Gasteiger partial charge is 0.265 e. The molecule has 0 aliphatic carbocycles. The van der Waals surface area contributed by atoms with E-state index in [1.807, 2.05) is 49.0 Å². The molecule has 2 aromatic heterocycles. The zero-order chi connectivity index (χ0) is 17.1. The molecule has 0 aliphatic rings. The molecule has 3 rings (SSSR count). The number of nitrogens with one attached hydrogen (secondary N) is 1. The van der Waals surface area contributed by atoms with Crippen molar-refractivity contribution in [1.29, 1.82) is 0 Å². The molecule has 2 N–H and O–H groups in total. The highest BCUT2D eigenvalue weighted by Crippen LogP contribution is 2.21. The number of benzene rings is 1. The average molecular weight is 344 g/mol. The van der Waals surface area contributed by atoms with Crippen molar-refractivity contribution in [3.63, 3.8) is 0 Å². The van der Waals surface area contributed by atoms with E-state index in [1.54, 1.807) is 0 Å². The number of nitrogens with zero attached hydrogens (tertiary/aromatic N) is 3. The summed E-state index contributed by atoms with van der Waals surface area (Å²) in [5, 5.41) is 18.2. The van der Waals surface area contributed by atoms with Crippen LogP contribution < -0.4 is 5.32 Å². The van der Waals surface area contributed by atoms with E-state index in [1.165, 1.54) is 0 Å². The van der Waals surface area contributed by atoms with E-state index in [-0.39, 0.29) is 12.5 Å². The summed E-state index contributed by atoms with van der Waals surface area (Å²) in [5.74, 6) is -0.228. The number of carbonyl (C=O) groups is 1. The maximum atomic E-state index is 12.3. The highest BCUT2D eigenvalue weighted by atomic mass is 32.1. The number of hydrogen-bond donors (Lipinski definition) is 2. The van der Waals surface area contributed by atoms with Crippen LogP contribution in [-0.4, -0.2) is 31.7 Å². The molecule has 0 bridgehead atoms. The second-order valence-electron chi connectivity index (χ2n) is 5.77. The largest absolute Gasteiger partial charge is 0.387 e. The number of aliphatic hydroxyl groups excluding tert-OH is 1. The van der Waals surface area contributed by atoms with Crippen molar-refractivity contribution >= 4 is 28.3 Å². The number of aromatic nitrogens is 3. The fraction of sp³-hybridized carbons (Fsp3) is 0.353. The van der Waals surface area contributed by atoms with Gasteiger partial charge in [-0.2, -0.15) is 0 Å². The number of rotatable bonds is 6. The van der Waals surface area contributed by atoms with Gasteiger partial charge < -0.3 is 15.0 Å². The Bertz CT molecular complexity index is 855. The van der Waals surface area contributed by atoms with Crippen molar-refractivity contribution in [3.05, 3.63) is 46.6 Å². The Balaban J connectivity index is 1.66. The van der Waals surface area contributed by atoms with Crippen LogP contribution in [-0.2, 0) is 13.5 Å². The van der Waals surface area contributed by atoms with Gasteiger partial charge >= 0.3 is 0 Å². The molecule has 0 fully saturated rings. The average Bonchev–Trinajstić information content (AvgIpc) is 3.19. The molecule has 1 aromatic carbocycles. The maximum absolute atomic E-state index is 12.3. The third kappa shape index (κ3) is 3.32. The van der Waals surface area contributed by atoms with E-state index >= 15 is 0 Å². The molecule has 126 valence electrons. The Morgan fingerprint density at radius 2 is 2.25 bits per heavy atom. The summed E-state index contributed by atoms with van der Waals surface area (Å²) in [6.45, 7) is 2.19. The first-order chi connectivity index (χ1) is 11.6. The van der Waals surface area contributed by atoms with Crippen LogP contribution in [0.5, 0.6) is 0 Å². The molecule has 2 heterocycles. The third-order valence-corrected chi connectivity index (χ3v) is 4.77. The second-order valence-corrected chi connectivity index (χ2v) is 6.52. The van der Waals surface area contributed by atoms with Gasteiger partial charge in [0.25, 0.3) is 5.91 Å². The number of carbonyl (C=O) groups excluding carboxylic acids is 1. The number of aryl methyl sites for hydroxylation is 2. The molecular weight excluding hydrogens is 324 g/mol. The molecule has 0 spiro atoms. The molecular formula is C17H20N4O2S. The molecule has 0 aliphatic heterocycles. The highest BCUT2D eigenvalue weighted by molar-refractivity contribution is 7.08. The van der Waals surface area contributed by atoms with Gasteiger partial charge in [-0.1, -0.05) is 23.9 Å². The van der Waals surface area contributed by atoms with E-state index in [2.05, 4.69) is 14.9 Å². The fourth-order valence-corrected chi connectivity index (χ4v) is 3.30. The van der Waals surface area contributed by atoms with E-state index in [0.717, 1.165) is 46.5 Å². The summed E-state index contributed by atoms with van der Waals surface area (Å²) < 4.78 is 5.88. The molecule has 0 saturated heterocycles. The maximum Gasteiger partial charge on any atom is 0.265 e. The molecule has 1 amide bonds. The van der Waals surface area contributed by atoms with Crippen molar-refractivity contribution < 1.29 is 9.90 Å². The molecule has 24 heavy (non-hydrogen) atoms. The number of amides is 1. The predicted octanol–water partition coefficient (Wildman–Crippen LogP) is 2.45. The first-order valence-electron chi connectivity index (χ1n) is 7.92. The first kappa shape index (κ1) is 16.6. The van der Waals surface area contributed by atoms with Crippen LogP contribution in [0.1, 0.15) is 40.4 Å². The topological polar surface area (TPSA) is 80.0 Å². The Morgan fingerprint density at radius 3 is 3.04 bits per heavy atom. The summed E-state index contributed by atoms with van der Waals surface area (Å²) in [5.41, 5.74) is 2.61. The zero-order valence-electron chi connectivity index (χ0n) is 13.7. The molecule has 0 saturated carbocycles. The fourth-order valence-electron chi connectivity index (χ4n) is 2.68. The second kappa shape index (κ2) is 7.11. The summed E-state index contributed by atoms with van der Waals surface area (Å²) in [6, 6.07) is 7.81. The monoisotopic (exact) mass is 344 g/mol. The van der Waals surface area contributed by atoms with Crippen molar-refractivity contribution in [2.24, 2.45) is 7.05 Å². The van der Waals surface area contributed by atoms with Gasteiger partial charge in [-0.25, -0.2) is 0 Å². The van der Waals surface area contributed by atoms with Crippen LogP contribution in [0, 0.1) is 0 Å². The van der Waals surface area contributed by atoms with Crippen molar-refractivity contribution in [3.8, 4) is 0 Å². The van der Waals surface area contributed by atoms with Gasteiger partial charge in [0.15, 0.2) is 0 Å². The molecule has 1 atom stereocenters. The van der Waals surface area contributed by atoms with Crippen LogP contribution in [0.3, 0.4) is 0 Å². The minimum Gasteiger partial charge on any atom is -0.387 e. The summed E-state index contributed by atoms with van der Waals surface area (Å²) in [4.78, 5) is 12.8. The van der Waals surface area contributed by atoms with E-state index in [9.17, 15) is 9.90 Å². The lowest BCUT2D eigenvalue weighted by molar-refractivity contribution is 0.0919. The van der Waals surface area contributed by atoms with Crippen LogP contribution >= 0.6 is 11.5 Å². The molecule has 0 radical (unpaired) electrons. The lowest BCUT2D eigenvalue weighted by Gasteiger charge is -2.12. The van der Waals surface area contributed by atoms with Gasteiger partial charge in [-0.3, -0.25) is 4.79 Å². The molecule has 3 aromatic rings. The Hall–Kier alpha value is -2.25. The van der Waals surface area contributed by atoms with E-state index in [4.69, 9.17) is 0 Å². The lowest BCUT2D eigenvalue weighted by atomic mass is 10.1. The first-order valence-corrected chi connectivity index (χ1v) is 8.70. The van der Waals surface area contributed by atoms with Crippen molar-refractivity contribution in [2.45, 2.75) is 25.9 Å². The summed E-state index contributed by atoms with van der Waals surface area (Å²) in [7, 11) is 1.98. The Labute approximate surface area is 144 Å². The van der Waals surface area contributed by atoms with Crippen LogP contribution in [0.4, 0.5) is 0 Å². The molecule has 6 nitrogen and oxygen atoms in total. The minimum absolute atomic E-state index is 0.153. The van der Waals surface area contributed by atoms with E-state index in [0.29, 0.717) is 4.88 Å². The van der Waals surface area contributed by atoms with Gasteiger partial charge in [-0.15, -0.1) is 5.10 Å². The predicted molar refractivity (Wildman–Crippen MR) is 94.1 cm³/mol. The highest BCUT2D eigenvalue weighted by Gasteiger charge is 2.17. The number of fused-ring (bicyclic) bond motifs is 1. The zero-order valence-corrected chi connectivity index (χ0v) is 14.5. The lowest BCUT2D eigenvalue weighted by Crippen LogP contribution is -2.28. The Kier molecular flexibility index (Phi) is 4.92. The number of hydrogen-bond acceptors (Lipinski definition) is 5. The quantitative estimate of drug-likeness (QED) is 0.720. The normalized spacial score (nSPS) is 12.5. The van der Waals surface area contributed by atoms with Crippen molar-refractivity contribution in [2.75, 3.05) is 6.54 Å². The number of aliphatic hydroxyl groups is 1. The third-order valence-electron chi connectivity index (χ3n) is 4.00. The van der Waals surface area contributed by atoms with Gasteiger partial charge in [0, 0.05) is 25.3 Å². The summed E-state index contributed by atoms with van der Waals surface area (Å²) in [6.07, 6.45) is 2.86. The molecule has 7 heteroatoms. The van der Waals surface area contributed by atoms with Crippen LogP contribution in [0.2, 0.25) is 0 Å². The van der Waals surface area contributed by atoms with Gasteiger partial charge in [0.05, 0.1) is 11.8 Å². The van der Waals surface area contributed by atoms with Crippen LogP contribution in [0.25, 0.3) is 10.9 Å². The Morgan fingerprint density at radius 1 is 1.42 bits per heavy atom. The summed E-state index contributed by atoms with van der Waals surface area (Å²) >= 11 is 1.09. The standard InChI is InChI=1S/C17H20N4O2S/c1-3-4-13-16(24-20-19-13)17(23)18-10-15(22)12-5-6-14-11(9-12)7-8-21(14)2/h5-9,15,22H,3-4,10H2,1-2H3,(H,18,23). The SMILES string of the molecule is CCCc1nnsc1C(=O)NCC(O)c1ccc2c(ccn2C)c1. The van der Waals surface area contributed by atoms with Gasteiger partial charge in [-0.05, 0) is 47.1 Å². The van der Waals surface area contributed by atoms with E-state index < -0.39 is 6.10 Å². The van der Waals surface area contributed by atoms with Crippen LogP contribution in [0.15, 0.2) is 30.5 Å². The molecule has 1 unspecified atom stereocenters. The van der Waals surface area contributed by atoms with Crippen molar-refractivity contribution in [1.82, 2.24) is 19.5 Å².